The molecule has 0 atom stereocenters. The van der Waals surface area contributed by atoms with Crippen LogP contribution in [0.3, 0.4) is 0 Å². The molecule has 6 rings (SSSR count). The van der Waals surface area contributed by atoms with Crippen LogP contribution < -0.4 is 26.6 Å². The zero-order valence-electron chi connectivity index (χ0n) is 39.2. The summed E-state index contributed by atoms with van der Waals surface area (Å²) in [6.45, 7) is 6.98. The van der Waals surface area contributed by atoms with Crippen molar-refractivity contribution < 1.29 is 15.0 Å². The maximum Gasteiger partial charge on any atom is 0.329 e. The zero-order valence-corrected chi connectivity index (χ0v) is 54.4. The van der Waals surface area contributed by atoms with E-state index in [0.29, 0.717) is 22.8 Å². The zero-order chi connectivity index (χ0) is 52.2. The van der Waals surface area contributed by atoms with Crippen molar-refractivity contribution in [1.29, 1.82) is 0 Å². The normalized spacial score (nSPS) is 9.69. The van der Waals surface area contributed by atoms with Gasteiger partial charge in [-0.25, -0.2) is 9.97 Å². The number of aromatic nitrogens is 6. The molecular weight excluding hydrogens is 1620 g/mol. The molecular formula is C46H65Cl2I5N12O5Sn. The predicted octanol–water partition coefficient (Wildman–Crippen LogP) is 14.4. The van der Waals surface area contributed by atoms with Crippen molar-refractivity contribution in [3.8, 4) is 22.8 Å². The average molecular weight is 1690 g/mol. The van der Waals surface area contributed by atoms with E-state index in [0.717, 1.165) is 12.7 Å². The van der Waals surface area contributed by atoms with E-state index in [1.54, 1.807) is 46.6 Å². The number of hydrogen-bond acceptors (Lipinski definition) is 15. The van der Waals surface area contributed by atoms with Gasteiger partial charge in [-0.15, -0.1) is 12.4 Å². The first kappa shape index (κ1) is 73.1. The molecule has 0 fully saturated rings. The van der Waals surface area contributed by atoms with Gasteiger partial charge in [-0.05, 0) is 42.5 Å². The van der Waals surface area contributed by atoms with Gasteiger partial charge in [-0.3, -0.25) is 35.2 Å². The van der Waals surface area contributed by atoms with Gasteiger partial charge in [-0.1, -0.05) is 144 Å². The summed E-state index contributed by atoms with van der Waals surface area (Å²) in [6, 6.07) is 21.7. The van der Waals surface area contributed by atoms with Gasteiger partial charge in [0.15, 0.2) is 5.69 Å². The third-order valence-electron chi connectivity index (χ3n) is 9.31. The molecule has 17 nitrogen and oxygen atoms in total. The number of anilines is 4. The number of hydrogen-bond donors (Lipinski definition) is 5. The molecule has 0 saturated heterocycles. The van der Waals surface area contributed by atoms with Crippen LogP contribution in [0, 0.1) is 20.2 Å². The molecule has 0 aromatic carbocycles. The predicted molar refractivity (Wildman–Crippen MR) is 345 cm³/mol. The van der Waals surface area contributed by atoms with E-state index in [9.17, 15) is 20.2 Å². The number of unbranched alkanes of at least 4 members (excludes halogenated alkanes) is 3. The Morgan fingerprint density at radius 3 is 1.31 bits per heavy atom. The van der Waals surface area contributed by atoms with Crippen LogP contribution in [0.1, 0.15) is 66.7 Å². The topological polar surface area (TPSA) is 288 Å². The Balaban J connectivity index is -0.000000823. The molecule has 0 amide bonds. The Kier molecular flexibility index (Phi) is 45.5. The van der Waals surface area contributed by atoms with Gasteiger partial charge in [0, 0.05) is 38.1 Å². The first-order chi connectivity index (χ1) is 33.0. The van der Waals surface area contributed by atoms with Gasteiger partial charge < -0.3 is 28.0 Å². The van der Waals surface area contributed by atoms with E-state index in [1.807, 2.05) is 24.4 Å². The quantitative estimate of drug-likeness (QED) is 0.0169. The fourth-order valence-electron chi connectivity index (χ4n) is 6.15. The summed E-state index contributed by atoms with van der Waals surface area (Å²) in [5.74, 6) is 0. The van der Waals surface area contributed by atoms with E-state index in [4.69, 9.17) is 44.6 Å². The third kappa shape index (κ3) is 29.0. The van der Waals surface area contributed by atoms with Gasteiger partial charge in [0.1, 0.15) is 17.0 Å². The number of nitrogens with two attached hydrogens (primary N) is 4. The second-order valence-corrected chi connectivity index (χ2v) is 42.6. The molecule has 0 saturated carbocycles. The van der Waals surface area contributed by atoms with Crippen LogP contribution in [0.2, 0.25) is 18.5 Å². The van der Waals surface area contributed by atoms with E-state index in [1.165, 1.54) is 78.8 Å². The van der Waals surface area contributed by atoms with Crippen LogP contribution in [0.4, 0.5) is 34.1 Å². The summed E-state index contributed by atoms with van der Waals surface area (Å²) >= 11 is 14.7. The van der Waals surface area contributed by atoms with Gasteiger partial charge in [-0.2, -0.15) is 0 Å². The molecule has 6 aromatic heterocycles. The standard InChI is InChI=1S/C10H8N4O2.C10H10N4.C5H4ClN3O2.C5H4N.3C4H9.CHI3.CH2I2.CH4O.CH4.ClH.Sn/c11-7-4-6-13-9(10(7)14(15)16)8-3-1-2-5-12-8;11-7-4-6-14-10(9(7)12)8-3-1-2-5-13-8;6-5-4(9(10)11)3(7)1-2-8-5;1-2-4-6-5-3-1;3*1-3-4-2;2-1(3)4;2-1-3;1-2;;;/h1-6H,(H2,11,13);1-6H,12H2,(H2,11,14);1-2H,(H2,7,8);1-4H;3*1,3-4H2,2H3;1H;1H2;2H,1H3;1H4;1H;. The SMILES string of the molecule is C.CCC[CH2][Sn]([CH2]CCC)([CH2]CCC)[c]1ccccn1.CO.Cl.IC(I)I.ICI.Nc1ccnc(-c2ccccn2)c1N.Nc1ccnc(-c2ccccn2)c1[N+](=O)[O-].Nc1ccnc(Cl)c1[N+](=O)[O-]. The summed E-state index contributed by atoms with van der Waals surface area (Å²) in [7, 11) is 1.00. The summed E-state index contributed by atoms with van der Waals surface area (Å²) in [5.41, 5.74) is 24.8. The van der Waals surface area contributed by atoms with Crippen molar-refractivity contribution in [3.63, 3.8) is 0 Å². The monoisotopic (exact) mass is 1690 g/mol. The number of nitro groups is 2. The Hall–Kier alpha value is -2.11. The molecule has 0 aliphatic carbocycles. The molecule has 71 heavy (non-hydrogen) atoms. The Labute approximate surface area is 502 Å². The van der Waals surface area contributed by atoms with Gasteiger partial charge >= 0.3 is 135 Å². The van der Waals surface area contributed by atoms with Crippen molar-refractivity contribution in [3.05, 3.63) is 135 Å². The molecule has 0 aliphatic rings. The molecule has 6 aromatic rings. The maximum atomic E-state index is 10.9. The number of halogens is 7. The van der Waals surface area contributed by atoms with Gasteiger partial charge in [0.2, 0.25) is 5.15 Å². The van der Waals surface area contributed by atoms with Gasteiger partial charge in [0.25, 0.3) is 0 Å². The Morgan fingerprint density at radius 1 is 0.592 bits per heavy atom. The first-order valence-electron chi connectivity index (χ1n) is 21.2. The molecule has 0 aliphatic heterocycles. The number of pyridine rings is 6. The molecule has 0 radical (unpaired) electrons. The summed E-state index contributed by atoms with van der Waals surface area (Å²) in [4.78, 5) is 44.5. The van der Waals surface area contributed by atoms with Crippen LogP contribution in [-0.4, -0.2) is 72.7 Å². The first-order valence-corrected chi connectivity index (χ1v) is 35.9. The number of alkyl halides is 5. The second kappa shape index (κ2) is 44.2. The minimum Gasteiger partial charge on any atom is -0.400 e. The fraction of sp³-hybridized carbons (Fsp3) is 0.348. The minimum atomic E-state index is -2.21. The number of aliphatic hydroxyl groups is 1. The minimum absolute atomic E-state index is 0. The maximum absolute atomic E-state index is 10.9. The van der Waals surface area contributed by atoms with Crippen LogP contribution in [0.25, 0.3) is 22.8 Å². The molecule has 9 N–H and O–H groups in total. The van der Waals surface area contributed by atoms with Crippen LogP contribution >= 0.6 is 137 Å². The van der Waals surface area contributed by atoms with Crippen LogP contribution in [0.15, 0.2) is 110 Å². The molecule has 25 heteroatoms. The van der Waals surface area contributed by atoms with E-state index >= 15 is 0 Å². The van der Waals surface area contributed by atoms with E-state index in [-0.39, 0.29) is 53.4 Å². The molecule has 0 spiro atoms. The summed E-state index contributed by atoms with van der Waals surface area (Å²) in [5, 5.41) is 27.9. The van der Waals surface area contributed by atoms with Crippen molar-refractivity contribution in [2.24, 2.45) is 0 Å². The number of nitrogens with zero attached hydrogens (tertiary/aromatic N) is 8. The van der Waals surface area contributed by atoms with Crippen LogP contribution in [-0.2, 0) is 0 Å². The Morgan fingerprint density at radius 2 is 0.958 bits per heavy atom. The van der Waals surface area contributed by atoms with Crippen molar-refractivity contribution >= 4 is 193 Å². The molecule has 0 unspecified atom stereocenters. The average Bonchev–Trinajstić information content (AvgIpc) is 3.34. The second-order valence-electron chi connectivity index (χ2n) is 13.9. The number of nitrogen functional groups attached to an aromatic ring is 4. The van der Waals surface area contributed by atoms with Crippen molar-refractivity contribution in [1.82, 2.24) is 29.9 Å². The molecule has 392 valence electrons. The van der Waals surface area contributed by atoms with Gasteiger partial charge in [0.05, 0.1) is 35.0 Å². The summed E-state index contributed by atoms with van der Waals surface area (Å²) < 4.78 is 8.03. The smallest absolute Gasteiger partial charge is 0.329 e. The van der Waals surface area contributed by atoms with Crippen molar-refractivity contribution in [2.75, 3.05) is 32.5 Å². The Bertz CT molecular complexity index is 2290. The fourth-order valence-corrected chi connectivity index (χ4v) is 21.8. The molecule has 0 bridgehead atoms. The third-order valence-corrected chi connectivity index (χ3v) is 24.7. The van der Waals surface area contributed by atoms with E-state index < -0.39 is 28.2 Å². The largest absolute Gasteiger partial charge is 0.400 e. The van der Waals surface area contributed by atoms with Crippen molar-refractivity contribution in [2.45, 2.75) is 80.0 Å². The molecule has 6 heterocycles. The van der Waals surface area contributed by atoms with E-state index in [2.05, 4.69) is 177 Å². The van der Waals surface area contributed by atoms with Crippen LogP contribution in [0.5, 0.6) is 0 Å². The summed E-state index contributed by atoms with van der Waals surface area (Å²) in [6.07, 6.45) is 17.9. The number of aliphatic hydroxyl groups excluding tert-OH is 1. The number of rotatable bonds is 14.